The molecule has 1 saturated carbocycles. The lowest BCUT2D eigenvalue weighted by atomic mass is 10.2. The van der Waals surface area contributed by atoms with E-state index < -0.39 is 6.10 Å². The van der Waals surface area contributed by atoms with Crippen molar-refractivity contribution in [1.82, 2.24) is 0 Å². The van der Waals surface area contributed by atoms with E-state index in [9.17, 15) is 9.90 Å². The van der Waals surface area contributed by atoms with E-state index in [4.69, 9.17) is 11.6 Å². The van der Waals surface area contributed by atoms with E-state index in [1.54, 1.807) is 0 Å². The van der Waals surface area contributed by atoms with E-state index in [1.165, 1.54) is 0 Å². The molecule has 0 heterocycles. The highest BCUT2D eigenvalue weighted by Crippen LogP contribution is 2.30. The first-order valence-corrected chi connectivity index (χ1v) is 6.61. The Morgan fingerprint density at radius 2 is 2.17 bits per heavy atom. The Balaban J connectivity index is 1.89. The standard InChI is InChI=1S/C13H17ClN2O2/c14-7-12(17)8-15-10-2-1-3-11(6-10)16-13(18)9-4-5-9/h1-3,6,9,12,15,17H,4-5,7-8H2,(H,16,18). The molecule has 1 aromatic carbocycles. The summed E-state index contributed by atoms with van der Waals surface area (Å²) in [6, 6.07) is 7.44. The van der Waals surface area contributed by atoms with Crippen molar-refractivity contribution in [3.05, 3.63) is 24.3 Å². The second kappa shape index (κ2) is 6.07. The third kappa shape index (κ3) is 3.89. The lowest BCUT2D eigenvalue weighted by Crippen LogP contribution is -2.20. The molecule has 1 aliphatic rings. The predicted molar refractivity (Wildman–Crippen MR) is 73.0 cm³/mol. The molecule has 5 heteroatoms. The van der Waals surface area contributed by atoms with Crippen LogP contribution in [0.3, 0.4) is 0 Å². The van der Waals surface area contributed by atoms with E-state index in [0.29, 0.717) is 6.54 Å². The highest BCUT2D eigenvalue weighted by Gasteiger charge is 2.29. The number of rotatable bonds is 6. The van der Waals surface area contributed by atoms with Crippen LogP contribution >= 0.6 is 11.6 Å². The van der Waals surface area contributed by atoms with Gasteiger partial charge in [-0.1, -0.05) is 6.07 Å². The first kappa shape index (κ1) is 13.2. The third-order valence-electron chi connectivity index (χ3n) is 2.80. The van der Waals surface area contributed by atoms with Gasteiger partial charge in [-0.05, 0) is 31.0 Å². The number of amides is 1. The summed E-state index contributed by atoms with van der Waals surface area (Å²) < 4.78 is 0. The molecule has 0 aliphatic heterocycles. The van der Waals surface area contributed by atoms with Gasteiger partial charge >= 0.3 is 0 Å². The van der Waals surface area contributed by atoms with Crippen molar-refractivity contribution in [2.24, 2.45) is 5.92 Å². The van der Waals surface area contributed by atoms with Gasteiger partial charge in [-0.15, -0.1) is 11.6 Å². The Morgan fingerprint density at radius 1 is 1.44 bits per heavy atom. The highest BCUT2D eigenvalue weighted by atomic mass is 35.5. The number of benzene rings is 1. The van der Waals surface area contributed by atoms with Crippen molar-refractivity contribution < 1.29 is 9.90 Å². The molecule has 18 heavy (non-hydrogen) atoms. The number of aliphatic hydroxyl groups is 1. The van der Waals surface area contributed by atoms with Gasteiger partial charge in [0.05, 0.1) is 12.0 Å². The van der Waals surface area contributed by atoms with E-state index in [0.717, 1.165) is 24.2 Å². The minimum Gasteiger partial charge on any atom is -0.390 e. The van der Waals surface area contributed by atoms with E-state index in [2.05, 4.69) is 10.6 Å². The normalized spacial score (nSPS) is 16.1. The van der Waals surface area contributed by atoms with Crippen LogP contribution in [0.5, 0.6) is 0 Å². The summed E-state index contributed by atoms with van der Waals surface area (Å²) >= 11 is 5.51. The van der Waals surface area contributed by atoms with Crippen molar-refractivity contribution in [2.45, 2.75) is 18.9 Å². The van der Waals surface area contributed by atoms with Gasteiger partial charge in [0.15, 0.2) is 0 Å². The van der Waals surface area contributed by atoms with Crippen LogP contribution in [-0.2, 0) is 4.79 Å². The second-order valence-corrected chi connectivity index (χ2v) is 4.84. The third-order valence-corrected chi connectivity index (χ3v) is 3.15. The lowest BCUT2D eigenvalue weighted by Gasteiger charge is -2.11. The van der Waals surface area contributed by atoms with Crippen LogP contribution in [0.25, 0.3) is 0 Å². The van der Waals surface area contributed by atoms with Crippen LogP contribution in [-0.4, -0.2) is 29.5 Å². The summed E-state index contributed by atoms with van der Waals surface area (Å²) in [7, 11) is 0. The second-order valence-electron chi connectivity index (χ2n) is 4.53. The largest absolute Gasteiger partial charge is 0.390 e. The minimum atomic E-state index is -0.573. The Morgan fingerprint density at radius 3 is 2.83 bits per heavy atom. The van der Waals surface area contributed by atoms with Gasteiger partial charge in [0.25, 0.3) is 0 Å². The Bertz CT molecular complexity index is 421. The number of halogens is 1. The van der Waals surface area contributed by atoms with Crippen molar-refractivity contribution >= 4 is 28.9 Å². The Hall–Kier alpha value is -1.26. The molecule has 98 valence electrons. The monoisotopic (exact) mass is 268 g/mol. The molecule has 1 atom stereocenters. The topological polar surface area (TPSA) is 61.4 Å². The molecular formula is C13H17ClN2O2. The van der Waals surface area contributed by atoms with Crippen molar-refractivity contribution in [3.63, 3.8) is 0 Å². The zero-order chi connectivity index (χ0) is 13.0. The lowest BCUT2D eigenvalue weighted by molar-refractivity contribution is -0.117. The number of carbonyl (C=O) groups excluding carboxylic acids is 1. The van der Waals surface area contributed by atoms with Crippen molar-refractivity contribution in [3.8, 4) is 0 Å². The molecule has 0 radical (unpaired) electrons. The van der Waals surface area contributed by atoms with Crippen LogP contribution in [0.15, 0.2) is 24.3 Å². The molecular weight excluding hydrogens is 252 g/mol. The number of hydrogen-bond acceptors (Lipinski definition) is 3. The number of aliphatic hydroxyl groups excluding tert-OH is 1. The van der Waals surface area contributed by atoms with Gasteiger partial charge in [-0.25, -0.2) is 0 Å². The molecule has 3 N–H and O–H groups in total. The van der Waals surface area contributed by atoms with E-state index >= 15 is 0 Å². The van der Waals surface area contributed by atoms with Crippen LogP contribution < -0.4 is 10.6 Å². The first-order chi connectivity index (χ1) is 8.69. The molecule has 1 fully saturated rings. The van der Waals surface area contributed by atoms with Gasteiger partial charge < -0.3 is 15.7 Å². The molecule has 0 aromatic heterocycles. The summed E-state index contributed by atoms with van der Waals surface area (Å²) in [5.74, 6) is 0.484. The van der Waals surface area contributed by atoms with E-state index in [1.807, 2.05) is 24.3 Å². The summed E-state index contributed by atoms with van der Waals surface area (Å²) in [5, 5.41) is 15.3. The highest BCUT2D eigenvalue weighted by molar-refractivity contribution is 6.18. The minimum absolute atomic E-state index is 0.0907. The fourth-order valence-corrected chi connectivity index (χ4v) is 1.70. The zero-order valence-electron chi connectivity index (χ0n) is 10.0. The summed E-state index contributed by atoms with van der Waals surface area (Å²) in [6.07, 6.45) is 1.41. The van der Waals surface area contributed by atoms with Crippen LogP contribution in [0.2, 0.25) is 0 Å². The van der Waals surface area contributed by atoms with Gasteiger partial charge in [-0.3, -0.25) is 4.79 Å². The van der Waals surface area contributed by atoms with E-state index in [-0.39, 0.29) is 17.7 Å². The molecule has 0 bridgehead atoms. The number of hydrogen-bond donors (Lipinski definition) is 3. The number of carbonyl (C=O) groups is 1. The first-order valence-electron chi connectivity index (χ1n) is 6.08. The number of anilines is 2. The summed E-state index contributed by atoms with van der Waals surface area (Å²) in [6.45, 7) is 0.392. The summed E-state index contributed by atoms with van der Waals surface area (Å²) in [5.41, 5.74) is 1.63. The van der Waals surface area contributed by atoms with Gasteiger partial charge in [0.1, 0.15) is 0 Å². The maximum atomic E-state index is 11.6. The Kier molecular flexibility index (Phi) is 4.44. The smallest absolute Gasteiger partial charge is 0.227 e. The molecule has 1 aromatic rings. The van der Waals surface area contributed by atoms with Crippen LogP contribution in [0.4, 0.5) is 11.4 Å². The fourth-order valence-electron chi connectivity index (χ4n) is 1.59. The van der Waals surface area contributed by atoms with Crippen molar-refractivity contribution in [2.75, 3.05) is 23.1 Å². The van der Waals surface area contributed by atoms with Gasteiger partial charge in [0, 0.05) is 23.8 Å². The fraction of sp³-hybridized carbons (Fsp3) is 0.462. The SMILES string of the molecule is O=C(Nc1cccc(NCC(O)CCl)c1)C1CC1. The van der Waals surface area contributed by atoms with Crippen LogP contribution in [0, 0.1) is 5.92 Å². The van der Waals surface area contributed by atoms with Crippen molar-refractivity contribution in [1.29, 1.82) is 0 Å². The predicted octanol–water partition coefficient (Wildman–Crippen LogP) is 2.05. The maximum absolute atomic E-state index is 11.6. The summed E-state index contributed by atoms with van der Waals surface area (Å²) in [4.78, 5) is 11.6. The quantitative estimate of drug-likeness (QED) is 0.692. The number of nitrogens with one attached hydrogen (secondary N) is 2. The molecule has 1 aliphatic carbocycles. The average molecular weight is 269 g/mol. The molecule has 4 nitrogen and oxygen atoms in total. The average Bonchev–Trinajstić information content (AvgIpc) is 3.20. The molecule has 0 saturated heterocycles. The molecule has 0 spiro atoms. The molecule has 2 rings (SSSR count). The number of alkyl halides is 1. The Labute approximate surface area is 111 Å². The zero-order valence-corrected chi connectivity index (χ0v) is 10.8. The van der Waals surface area contributed by atoms with Gasteiger partial charge in [-0.2, -0.15) is 0 Å². The molecule has 1 unspecified atom stereocenters. The van der Waals surface area contributed by atoms with Gasteiger partial charge in [0.2, 0.25) is 5.91 Å². The van der Waals surface area contributed by atoms with Crippen LogP contribution in [0.1, 0.15) is 12.8 Å². The molecule has 1 amide bonds. The maximum Gasteiger partial charge on any atom is 0.227 e.